The van der Waals surface area contributed by atoms with E-state index in [1.807, 2.05) is 76.5 Å². The highest BCUT2D eigenvalue weighted by Gasteiger charge is 2.44. The van der Waals surface area contributed by atoms with Crippen molar-refractivity contribution in [2.75, 3.05) is 33.0 Å². The molecule has 1 aliphatic rings. The molecule has 2 heterocycles. The number of primary amides is 1. The SMILES string of the molecule is Cc1ncsc1-c1ccc(CNC(=O)[C@@H]2C[C@@H](O)CN2C(=O)[C@@H](NC(=O)COCCOCCCc2ccc(CO[C@H](C)[C@@H](N)CCC(N)=O)cc2)C(C)(C)C)cc1.Cl. The van der Waals surface area contributed by atoms with Gasteiger partial charge < -0.3 is 46.3 Å². The number of nitrogens with zero attached hydrogens (tertiary/aromatic N) is 2. The number of hydrogen-bond acceptors (Lipinski definition) is 11. The lowest BCUT2D eigenvalue weighted by Gasteiger charge is -2.35. The topological polar surface area (TPSA) is 208 Å². The molecule has 1 aliphatic heterocycles. The van der Waals surface area contributed by atoms with Gasteiger partial charge in [0.15, 0.2) is 0 Å². The van der Waals surface area contributed by atoms with Crippen molar-refractivity contribution in [3.05, 3.63) is 76.4 Å². The molecule has 0 bridgehead atoms. The molecule has 320 valence electrons. The van der Waals surface area contributed by atoms with Crippen molar-refractivity contribution in [2.24, 2.45) is 16.9 Å². The Bertz CT molecular complexity index is 1750. The molecule has 1 saturated heterocycles. The van der Waals surface area contributed by atoms with Gasteiger partial charge in [0.2, 0.25) is 23.6 Å². The number of carbonyl (C=O) groups excluding carboxylic acids is 4. The Morgan fingerprint density at radius 1 is 1.00 bits per heavy atom. The number of nitrogens with one attached hydrogen (secondary N) is 2. The number of amides is 4. The Morgan fingerprint density at radius 2 is 1.66 bits per heavy atom. The number of aryl methyl sites for hydroxylation is 2. The second-order valence-electron chi connectivity index (χ2n) is 15.7. The standard InChI is InChI=1S/C42H60N6O8S.ClH/c1-27-38(57-26-46-27)32-14-12-30(13-15-32)22-45-40(52)35-21-33(49)23-48(35)41(53)39(42(3,4)5)47-37(51)25-55-20-19-54-18-6-7-29-8-10-31(11-9-29)24-56-28(2)34(43)16-17-36(44)50;/h8-15,26,28,33-35,39,49H,6-7,16-25,43H2,1-5H3,(H2,44,50)(H,45,52)(H,47,51);1H/t28-,33-,34+,35+,39-;/m1./s1. The van der Waals surface area contributed by atoms with E-state index in [9.17, 15) is 24.3 Å². The Balaban J connectivity index is 0.00000900. The van der Waals surface area contributed by atoms with Crippen molar-refractivity contribution in [1.29, 1.82) is 0 Å². The van der Waals surface area contributed by atoms with Crippen LogP contribution in [0.5, 0.6) is 0 Å². The first kappa shape index (κ1) is 48.4. The average molecular weight is 846 g/mol. The minimum Gasteiger partial charge on any atom is -0.391 e. The van der Waals surface area contributed by atoms with Crippen LogP contribution in [0.2, 0.25) is 0 Å². The first-order chi connectivity index (χ1) is 27.1. The third-order valence-electron chi connectivity index (χ3n) is 9.93. The van der Waals surface area contributed by atoms with Gasteiger partial charge >= 0.3 is 0 Å². The van der Waals surface area contributed by atoms with Gasteiger partial charge in [0.1, 0.15) is 18.7 Å². The number of aliphatic hydroxyl groups is 1. The smallest absolute Gasteiger partial charge is 0.246 e. The summed E-state index contributed by atoms with van der Waals surface area (Å²) in [5, 5.41) is 16.2. The highest BCUT2D eigenvalue weighted by Crippen LogP contribution is 2.28. The van der Waals surface area contributed by atoms with Gasteiger partial charge in [0.25, 0.3) is 0 Å². The molecule has 4 amide bonds. The number of halogens is 1. The lowest BCUT2D eigenvalue weighted by atomic mass is 9.85. The van der Waals surface area contributed by atoms with Crippen LogP contribution >= 0.6 is 23.7 Å². The maximum atomic E-state index is 13.9. The summed E-state index contributed by atoms with van der Waals surface area (Å²) >= 11 is 1.57. The number of benzene rings is 2. The van der Waals surface area contributed by atoms with Crippen LogP contribution in [-0.2, 0) is 53.0 Å². The molecule has 0 unspecified atom stereocenters. The van der Waals surface area contributed by atoms with Gasteiger partial charge in [0, 0.05) is 38.6 Å². The lowest BCUT2D eigenvalue weighted by molar-refractivity contribution is -0.144. The van der Waals surface area contributed by atoms with Gasteiger partial charge in [-0.25, -0.2) is 4.98 Å². The van der Waals surface area contributed by atoms with E-state index < -0.39 is 35.4 Å². The van der Waals surface area contributed by atoms with Crippen molar-refractivity contribution in [1.82, 2.24) is 20.5 Å². The number of carbonyl (C=O) groups is 4. The van der Waals surface area contributed by atoms with Gasteiger partial charge in [-0.05, 0) is 60.8 Å². The molecular formula is C42H61ClN6O8S. The zero-order chi connectivity index (χ0) is 41.5. The minimum absolute atomic E-state index is 0. The largest absolute Gasteiger partial charge is 0.391 e. The summed E-state index contributed by atoms with van der Waals surface area (Å²) in [5.74, 6) is -1.63. The summed E-state index contributed by atoms with van der Waals surface area (Å²) in [4.78, 5) is 57.9. The molecule has 14 nitrogen and oxygen atoms in total. The number of aliphatic hydroxyl groups excluding tert-OH is 1. The van der Waals surface area contributed by atoms with E-state index in [1.54, 1.807) is 11.3 Å². The molecule has 0 spiro atoms. The summed E-state index contributed by atoms with van der Waals surface area (Å²) in [7, 11) is 0. The number of aromatic nitrogens is 1. The number of ether oxygens (including phenoxy) is 3. The van der Waals surface area contributed by atoms with E-state index in [4.69, 9.17) is 25.7 Å². The van der Waals surface area contributed by atoms with E-state index in [1.165, 1.54) is 10.5 Å². The monoisotopic (exact) mass is 844 g/mol. The van der Waals surface area contributed by atoms with Gasteiger partial charge in [-0.2, -0.15) is 0 Å². The van der Waals surface area contributed by atoms with Crippen LogP contribution in [0.1, 0.15) is 75.8 Å². The molecule has 7 N–H and O–H groups in total. The number of nitrogens with two attached hydrogens (primary N) is 2. The van der Waals surface area contributed by atoms with Gasteiger partial charge in [-0.15, -0.1) is 23.7 Å². The molecule has 1 fully saturated rings. The zero-order valence-corrected chi connectivity index (χ0v) is 35.9. The molecule has 4 rings (SSSR count). The fraction of sp³-hybridized carbons (Fsp3) is 0.548. The van der Waals surface area contributed by atoms with Crippen LogP contribution in [0, 0.1) is 12.3 Å². The van der Waals surface area contributed by atoms with Crippen LogP contribution in [0.15, 0.2) is 54.0 Å². The molecule has 16 heteroatoms. The van der Waals surface area contributed by atoms with Crippen molar-refractivity contribution in [3.8, 4) is 10.4 Å². The van der Waals surface area contributed by atoms with Gasteiger partial charge in [0.05, 0.1) is 48.1 Å². The summed E-state index contributed by atoms with van der Waals surface area (Å²) in [6.07, 6.45) is 1.42. The van der Waals surface area contributed by atoms with Crippen LogP contribution in [0.4, 0.5) is 0 Å². The Labute approximate surface area is 352 Å². The number of hydrogen-bond donors (Lipinski definition) is 5. The van der Waals surface area contributed by atoms with E-state index >= 15 is 0 Å². The second-order valence-corrected chi connectivity index (χ2v) is 16.6. The first-order valence-corrected chi connectivity index (χ1v) is 20.4. The Morgan fingerprint density at radius 3 is 2.29 bits per heavy atom. The second kappa shape index (κ2) is 23.6. The molecule has 2 aromatic carbocycles. The molecule has 0 saturated carbocycles. The lowest BCUT2D eigenvalue weighted by Crippen LogP contribution is -2.58. The molecule has 0 radical (unpaired) electrons. The Kier molecular flexibility index (Phi) is 19.7. The fourth-order valence-electron chi connectivity index (χ4n) is 6.44. The van der Waals surface area contributed by atoms with E-state index in [2.05, 4.69) is 27.8 Å². The summed E-state index contributed by atoms with van der Waals surface area (Å²) < 4.78 is 17.1. The van der Waals surface area contributed by atoms with E-state index in [0.717, 1.165) is 40.1 Å². The quantitative estimate of drug-likeness (QED) is 0.0925. The van der Waals surface area contributed by atoms with E-state index in [0.29, 0.717) is 26.2 Å². The van der Waals surface area contributed by atoms with Crippen molar-refractivity contribution < 1.29 is 38.5 Å². The third-order valence-corrected chi connectivity index (χ3v) is 10.9. The first-order valence-electron chi connectivity index (χ1n) is 19.6. The molecule has 5 atom stereocenters. The molecule has 0 aliphatic carbocycles. The van der Waals surface area contributed by atoms with Crippen LogP contribution in [-0.4, -0.2) is 102 Å². The maximum absolute atomic E-state index is 13.9. The molecule has 3 aromatic rings. The maximum Gasteiger partial charge on any atom is 0.246 e. The molecule has 1 aromatic heterocycles. The van der Waals surface area contributed by atoms with Crippen molar-refractivity contribution in [3.63, 3.8) is 0 Å². The molecule has 58 heavy (non-hydrogen) atoms. The van der Waals surface area contributed by atoms with Crippen LogP contribution in [0.3, 0.4) is 0 Å². The van der Waals surface area contributed by atoms with Crippen molar-refractivity contribution >= 4 is 47.4 Å². The normalized spacial score (nSPS) is 16.9. The van der Waals surface area contributed by atoms with Crippen molar-refractivity contribution in [2.45, 2.75) is 110 Å². The number of rotatable bonds is 22. The number of β-amino-alcohol motifs (C(OH)–C–C–N with tert-alkyl or cyclic N) is 1. The summed E-state index contributed by atoms with van der Waals surface area (Å²) in [6.45, 7) is 10.8. The average Bonchev–Trinajstić information content (AvgIpc) is 3.80. The predicted octanol–water partition coefficient (Wildman–Crippen LogP) is 3.81. The summed E-state index contributed by atoms with van der Waals surface area (Å²) in [6, 6.07) is 13.9. The number of likely N-dealkylation sites (tertiary alicyclic amines) is 1. The highest BCUT2D eigenvalue weighted by atomic mass is 35.5. The molecular weight excluding hydrogens is 784 g/mol. The zero-order valence-electron chi connectivity index (χ0n) is 34.2. The minimum atomic E-state index is -0.948. The Hall–Kier alpha value is -3.96. The van der Waals surface area contributed by atoms with Crippen LogP contribution < -0.4 is 22.1 Å². The predicted molar refractivity (Wildman–Crippen MR) is 226 cm³/mol. The highest BCUT2D eigenvalue weighted by molar-refractivity contribution is 7.13. The summed E-state index contributed by atoms with van der Waals surface area (Å²) in [5.41, 5.74) is 17.5. The van der Waals surface area contributed by atoms with Gasteiger partial charge in [-0.1, -0.05) is 69.3 Å². The third kappa shape index (κ3) is 15.3. The number of thiazole rings is 1. The van der Waals surface area contributed by atoms with Crippen LogP contribution in [0.25, 0.3) is 10.4 Å². The fourth-order valence-corrected chi connectivity index (χ4v) is 7.25. The van der Waals surface area contributed by atoms with E-state index in [-0.39, 0.29) is 75.5 Å². The van der Waals surface area contributed by atoms with Gasteiger partial charge in [-0.3, -0.25) is 19.2 Å².